The van der Waals surface area contributed by atoms with Crippen molar-refractivity contribution in [2.24, 2.45) is 0 Å². The molecule has 0 aromatic rings. The van der Waals surface area contributed by atoms with Crippen molar-refractivity contribution >= 4 is 35.1 Å². The average Bonchev–Trinajstić information content (AvgIpc) is 2.65. The lowest BCUT2D eigenvalue weighted by Crippen LogP contribution is -2.17. The SMILES string of the molecule is O=C(CCCCCCCCCCCCCCCCCCCNC(=S)S)NO. The third-order valence-corrected chi connectivity index (χ3v) is 5.28. The van der Waals surface area contributed by atoms with E-state index in [4.69, 9.17) is 17.4 Å². The van der Waals surface area contributed by atoms with Crippen molar-refractivity contribution in [2.75, 3.05) is 6.54 Å². The molecule has 0 rings (SSSR count). The van der Waals surface area contributed by atoms with Gasteiger partial charge in [0.15, 0.2) is 0 Å². The quantitative estimate of drug-likeness (QED) is 0.0614. The average molecular weight is 419 g/mol. The topological polar surface area (TPSA) is 61.4 Å². The van der Waals surface area contributed by atoms with E-state index in [0.717, 1.165) is 19.4 Å². The Bertz CT molecular complexity index is 355. The van der Waals surface area contributed by atoms with Gasteiger partial charge < -0.3 is 5.32 Å². The maximum absolute atomic E-state index is 10.8. The summed E-state index contributed by atoms with van der Waals surface area (Å²) in [5.41, 5.74) is 1.68. The molecule has 0 bridgehead atoms. The Hall–Kier alpha value is -0.330. The Morgan fingerprint density at radius 3 is 1.33 bits per heavy atom. The third kappa shape index (κ3) is 23.6. The van der Waals surface area contributed by atoms with Gasteiger partial charge in [-0.05, 0) is 12.8 Å². The van der Waals surface area contributed by atoms with Gasteiger partial charge in [0.05, 0.1) is 0 Å². The van der Waals surface area contributed by atoms with E-state index in [2.05, 4.69) is 17.9 Å². The van der Waals surface area contributed by atoms with Gasteiger partial charge in [-0.2, -0.15) is 0 Å². The van der Waals surface area contributed by atoms with Crippen molar-refractivity contribution in [3.8, 4) is 0 Å². The van der Waals surface area contributed by atoms with E-state index in [1.165, 1.54) is 96.3 Å². The van der Waals surface area contributed by atoms with Crippen molar-refractivity contribution in [2.45, 2.75) is 116 Å². The maximum Gasteiger partial charge on any atom is 0.243 e. The molecule has 0 unspecified atom stereocenters. The molecule has 0 aliphatic heterocycles. The van der Waals surface area contributed by atoms with Crippen molar-refractivity contribution in [3.63, 3.8) is 0 Å². The Balaban J connectivity index is 3.03. The molecule has 0 spiro atoms. The van der Waals surface area contributed by atoms with Crippen LogP contribution in [-0.2, 0) is 4.79 Å². The lowest BCUT2D eigenvalue weighted by Gasteiger charge is -2.04. The summed E-state index contributed by atoms with van der Waals surface area (Å²) in [6, 6.07) is 0. The molecule has 0 aromatic heterocycles. The fourth-order valence-electron chi connectivity index (χ4n) is 3.31. The lowest BCUT2D eigenvalue weighted by atomic mass is 10.0. The Morgan fingerprint density at radius 1 is 0.667 bits per heavy atom. The molecule has 0 aliphatic rings. The summed E-state index contributed by atoms with van der Waals surface area (Å²) in [7, 11) is 0. The van der Waals surface area contributed by atoms with Gasteiger partial charge in [-0.15, -0.1) is 12.6 Å². The van der Waals surface area contributed by atoms with Crippen molar-refractivity contribution in [1.29, 1.82) is 0 Å². The minimum atomic E-state index is -0.266. The van der Waals surface area contributed by atoms with Gasteiger partial charge in [-0.1, -0.05) is 109 Å². The highest BCUT2D eigenvalue weighted by Crippen LogP contribution is 2.14. The standard InChI is InChI=1S/C21H42N2O2S2/c24-20(23-25)18-16-14-12-10-8-6-4-2-1-3-5-7-9-11-13-15-17-19-22-21(26)27/h25H,1-19H2,(H,23,24)(H2,22,26,27). The summed E-state index contributed by atoms with van der Waals surface area (Å²) in [5, 5.41) is 11.5. The number of carbonyl (C=O) groups is 1. The predicted molar refractivity (Wildman–Crippen MR) is 123 cm³/mol. The summed E-state index contributed by atoms with van der Waals surface area (Å²) < 4.78 is 0.608. The van der Waals surface area contributed by atoms with E-state index in [-0.39, 0.29) is 5.91 Å². The van der Waals surface area contributed by atoms with E-state index in [1.807, 2.05) is 0 Å². The third-order valence-electron chi connectivity index (χ3n) is 4.98. The molecule has 0 aliphatic carbocycles. The molecule has 0 saturated carbocycles. The molecule has 1 amide bonds. The number of hydroxylamine groups is 1. The summed E-state index contributed by atoms with van der Waals surface area (Å²) >= 11 is 8.91. The molecule has 6 heteroatoms. The summed E-state index contributed by atoms with van der Waals surface area (Å²) in [6.45, 7) is 0.964. The van der Waals surface area contributed by atoms with Crippen LogP contribution >= 0.6 is 24.8 Å². The number of amides is 1. The van der Waals surface area contributed by atoms with Crippen LogP contribution in [0.5, 0.6) is 0 Å². The van der Waals surface area contributed by atoms with Gasteiger partial charge >= 0.3 is 0 Å². The number of hydrogen-bond acceptors (Lipinski definition) is 3. The number of hydrogen-bond donors (Lipinski definition) is 4. The molecule has 0 atom stereocenters. The van der Waals surface area contributed by atoms with Gasteiger partial charge in [0.25, 0.3) is 0 Å². The summed E-state index contributed by atoms with van der Waals surface area (Å²) in [4.78, 5) is 10.8. The molecule has 0 fully saturated rings. The van der Waals surface area contributed by atoms with Crippen molar-refractivity contribution in [1.82, 2.24) is 10.8 Å². The smallest absolute Gasteiger partial charge is 0.243 e. The second-order valence-electron chi connectivity index (χ2n) is 7.53. The van der Waals surface area contributed by atoms with Crippen molar-refractivity contribution in [3.05, 3.63) is 0 Å². The molecule has 0 radical (unpaired) electrons. The number of rotatable bonds is 20. The van der Waals surface area contributed by atoms with Crippen LogP contribution in [0, 0.1) is 0 Å². The normalized spacial score (nSPS) is 10.7. The van der Waals surface area contributed by atoms with E-state index in [9.17, 15) is 4.79 Å². The summed E-state index contributed by atoms with van der Waals surface area (Å²) in [5.74, 6) is -0.266. The van der Waals surface area contributed by atoms with Crippen LogP contribution in [0.1, 0.15) is 116 Å². The summed E-state index contributed by atoms with van der Waals surface area (Å²) in [6.07, 6.45) is 22.5. The maximum atomic E-state index is 10.8. The van der Waals surface area contributed by atoms with Crippen LogP contribution in [0.25, 0.3) is 0 Å². The van der Waals surface area contributed by atoms with Crippen molar-refractivity contribution < 1.29 is 10.0 Å². The van der Waals surface area contributed by atoms with Gasteiger partial charge in [0.2, 0.25) is 5.91 Å². The molecular weight excluding hydrogens is 376 g/mol. The number of unbranched alkanes of at least 4 members (excludes halogenated alkanes) is 16. The highest BCUT2D eigenvalue weighted by Gasteiger charge is 1.98. The zero-order valence-corrected chi connectivity index (χ0v) is 18.9. The van der Waals surface area contributed by atoms with Crippen LogP contribution in [0.2, 0.25) is 0 Å². The second-order valence-corrected chi connectivity index (χ2v) is 8.69. The minimum absolute atomic E-state index is 0.266. The van der Waals surface area contributed by atoms with Crippen LogP contribution in [0.4, 0.5) is 0 Å². The fraction of sp³-hybridized carbons (Fsp3) is 0.905. The molecule has 27 heavy (non-hydrogen) atoms. The molecule has 3 N–H and O–H groups in total. The second kappa shape index (κ2) is 22.0. The predicted octanol–water partition coefficient (Wildman–Crippen LogP) is 6.32. The minimum Gasteiger partial charge on any atom is -0.371 e. The zero-order chi connectivity index (χ0) is 20.0. The number of thiol groups is 1. The van der Waals surface area contributed by atoms with E-state index < -0.39 is 0 Å². The highest BCUT2D eigenvalue weighted by molar-refractivity contribution is 8.11. The Kier molecular flexibility index (Phi) is 21.7. The number of carbonyl (C=O) groups excluding carboxylic acids is 1. The van der Waals surface area contributed by atoms with E-state index >= 15 is 0 Å². The van der Waals surface area contributed by atoms with Crippen LogP contribution < -0.4 is 10.8 Å². The molecule has 0 heterocycles. The van der Waals surface area contributed by atoms with Gasteiger partial charge in [0, 0.05) is 13.0 Å². The van der Waals surface area contributed by atoms with Gasteiger partial charge in [0.1, 0.15) is 4.32 Å². The Morgan fingerprint density at radius 2 is 1.00 bits per heavy atom. The lowest BCUT2D eigenvalue weighted by molar-refractivity contribution is -0.129. The fourth-order valence-corrected chi connectivity index (χ4v) is 3.53. The largest absolute Gasteiger partial charge is 0.371 e. The first kappa shape index (κ1) is 26.7. The van der Waals surface area contributed by atoms with E-state index in [0.29, 0.717) is 10.7 Å². The molecule has 4 nitrogen and oxygen atoms in total. The molecule has 160 valence electrons. The zero-order valence-electron chi connectivity index (χ0n) is 17.1. The van der Waals surface area contributed by atoms with Crippen LogP contribution in [-0.4, -0.2) is 22.0 Å². The first-order chi connectivity index (χ1) is 13.2. The monoisotopic (exact) mass is 418 g/mol. The van der Waals surface area contributed by atoms with Crippen LogP contribution in [0.3, 0.4) is 0 Å². The molecule has 0 aromatic carbocycles. The van der Waals surface area contributed by atoms with Crippen LogP contribution in [0.15, 0.2) is 0 Å². The first-order valence-corrected chi connectivity index (χ1v) is 11.9. The number of nitrogens with one attached hydrogen (secondary N) is 2. The molecule has 0 saturated heterocycles. The molecular formula is C21H42N2O2S2. The van der Waals surface area contributed by atoms with Gasteiger partial charge in [-0.25, -0.2) is 5.48 Å². The number of thiocarbonyl (C=S) groups is 1. The first-order valence-electron chi connectivity index (χ1n) is 11.1. The highest BCUT2D eigenvalue weighted by atomic mass is 32.1. The Labute approximate surface area is 178 Å². The van der Waals surface area contributed by atoms with E-state index in [1.54, 1.807) is 5.48 Å². The van der Waals surface area contributed by atoms with Gasteiger partial charge in [-0.3, -0.25) is 10.0 Å².